The number of imide groups is 1. The van der Waals surface area contributed by atoms with Crippen molar-refractivity contribution in [1.82, 2.24) is 20.1 Å². The highest BCUT2D eigenvalue weighted by Crippen LogP contribution is 2.37. The number of hydrogen-bond donors (Lipinski definition) is 1. The summed E-state index contributed by atoms with van der Waals surface area (Å²) in [4.78, 5) is 45.0. The molecule has 2 saturated heterocycles. The van der Waals surface area contributed by atoms with Crippen LogP contribution in [0.2, 0.25) is 0 Å². The Morgan fingerprint density at radius 2 is 1.94 bits per heavy atom. The zero-order chi connectivity index (χ0) is 23.2. The first-order valence-electron chi connectivity index (χ1n) is 12.1. The van der Waals surface area contributed by atoms with Gasteiger partial charge in [0.15, 0.2) is 0 Å². The van der Waals surface area contributed by atoms with Gasteiger partial charge in [0.25, 0.3) is 5.91 Å². The number of nitrogens with zero attached hydrogens (tertiary/aromatic N) is 3. The topological polar surface area (TPSA) is 91.8 Å². The van der Waals surface area contributed by atoms with Gasteiger partial charge in [-0.1, -0.05) is 6.07 Å². The van der Waals surface area contributed by atoms with Crippen LogP contribution in [0.3, 0.4) is 0 Å². The predicted octanol–water partition coefficient (Wildman–Crippen LogP) is 2.24. The van der Waals surface area contributed by atoms with E-state index < -0.39 is 6.04 Å². The van der Waals surface area contributed by atoms with Crippen molar-refractivity contribution in [2.45, 2.75) is 62.8 Å². The van der Waals surface area contributed by atoms with Gasteiger partial charge < -0.3 is 9.64 Å². The number of likely N-dealkylation sites (tertiary alicyclic amines) is 1. The van der Waals surface area contributed by atoms with E-state index in [1.165, 1.54) is 5.56 Å². The van der Waals surface area contributed by atoms with Gasteiger partial charge in [0, 0.05) is 56.0 Å². The molecule has 1 aliphatic carbocycles. The number of carbonyl (C=O) groups is 3. The highest BCUT2D eigenvalue weighted by Gasteiger charge is 2.42. The Balaban J connectivity index is 1.11. The summed E-state index contributed by atoms with van der Waals surface area (Å²) < 4.78 is 6.45. The minimum absolute atomic E-state index is 0.135. The number of nitrogens with one attached hydrogen (secondary N) is 1. The van der Waals surface area contributed by atoms with E-state index in [1.54, 1.807) is 4.90 Å². The Kier molecular flexibility index (Phi) is 5.32. The van der Waals surface area contributed by atoms with Gasteiger partial charge in [0.05, 0.1) is 0 Å². The number of amides is 3. The van der Waals surface area contributed by atoms with Crippen LogP contribution in [0.15, 0.2) is 42.7 Å². The first-order valence-corrected chi connectivity index (χ1v) is 12.1. The second-order valence-electron chi connectivity index (χ2n) is 9.81. The fourth-order valence-corrected chi connectivity index (χ4v) is 5.87. The van der Waals surface area contributed by atoms with Gasteiger partial charge in [0.2, 0.25) is 11.8 Å². The fourth-order valence-electron chi connectivity index (χ4n) is 5.87. The molecular weight excluding hydrogens is 432 g/mol. The highest BCUT2D eigenvalue weighted by molar-refractivity contribution is 6.05. The molecule has 0 bridgehead atoms. The maximum atomic E-state index is 12.9. The van der Waals surface area contributed by atoms with Crippen LogP contribution < -0.4 is 10.1 Å². The zero-order valence-corrected chi connectivity index (χ0v) is 19.0. The van der Waals surface area contributed by atoms with Gasteiger partial charge in [-0.05, 0) is 61.1 Å². The molecule has 0 spiro atoms. The van der Waals surface area contributed by atoms with Crippen molar-refractivity contribution in [1.29, 1.82) is 0 Å². The van der Waals surface area contributed by atoms with Gasteiger partial charge in [-0.2, -0.15) is 0 Å². The van der Waals surface area contributed by atoms with E-state index in [9.17, 15) is 14.4 Å². The average molecular weight is 461 g/mol. The number of benzene rings is 1. The zero-order valence-electron chi connectivity index (χ0n) is 19.0. The lowest BCUT2D eigenvalue weighted by atomic mass is 9.90. The summed E-state index contributed by atoms with van der Waals surface area (Å²) in [6.45, 7) is 2.44. The van der Waals surface area contributed by atoms with Gasteiger partial charge >= 0.3 is 0 Å². The Morgan fingerprint density at radius 1 is 1.06 bits per heavy atom. The minimum Gasteiger partial charge on any atom is -0.489 e. The molecule has 4 heterocycles. The smallest absolute Gasteiger partial charge is 0.255 e. The van der Waals surface area contributed by atoms with Crippen molar-refractivity contribution in [2.24, 2.45) is 0 Å². The largest absolute Gasteiger partial charge is 0.489 e. The molecule has 3 fully saturated rings. The Morgan fingerprint density at radius 3 is 2.74 bits per heavy atom. The van der Waals surface area contributed by atoms with E-state index in [2.05, 4.69) is 21.3 Å². The van der Waals surface area contributed by atoms with Crippen LogP contribution in [0, 0.1) is 0 Å². The third kappa shape index (κ3) is 3.76. The van der Waals surface area contributed by atoms with Crippen LogP contribution in [0.25, 0.3) is 0 Å². The monoisotopic (exact) mass is 460 g/mol. The summed E-state index contributed by atoms with van der Waals surface area (Å²) in [5.74, 6) is 0.497. The summed E-state index contributed by atoms with van der Waals surface area (Å²) >= 11 is 0. The maximum Gasteiger partial charge on any atom is 0.255 e. The van der Waals surface area contributed by atoms with E-state index >= 15 is 0 Å². The summed E-state index contributed by atoms with van der Waals surface area (Å²) in [6, 6.07) is 9.59. The molecule has 1 unspecified atom stereocenters. The SMILES string of the molecule is O=C1CCC(N2Cc3cc(O[C@H]4CCC[C@H]4N4CC(c5cccnc5)C4)ccc3C2=O)C(=O)N1. The number of carbonyl (C=O) groups excluding carboxylic acids is 3. The molecule has 3 aliphatic heterocycles. The number of fused-ring (bicyclic) bond motifs is 1. The first-order chi connectivity index (χ1) is 16.6. The van der Waals surface area contributed by atoms with E-state index in [0.717, 1.165) is 43.7 Å². The number of ether oxygens (including phenoxy) is 1. The summed E-state index contributed by atoms with van der Waals surface area (Å²) in [7, 11) is 0. The molecule has 34 heavy (non-hydrogen) atoms. The Bertz CT molecular complexity index is 1130. The standard InChI is InChI=1S/C26H28N4O4/c31-24-9-8-22(25(32)28-24)30-15-17-11-19(6-7-20(17)26(30)33)34-23-5-1-4-21(23)29-13-18(14-29)16-3-2-10-27-12-16/h2-3,6-7,10-12,18,21-23H,1,4-5,8-9,13-15H2,(H,28,31,32)/t21-,22?,23+/m1/s1. The van der Waals surface area contributed by atoms with E-state index in [4.69, 9.17) is 4.74 Å². The van der Waals surface area contributed by atoms with Gasteiger partial charge in [0.1, 0.15) is 17.9 Å². The van der Waals surface area contributed by atoms with Crippen LogP contribution in [0.1, 0.15) is 59.5 Å². The number of aromatic nitrogens is 1. The number of piperidine rings is 1. The van der Waals surface area contributed by atoms with Crippen molar-refractivity contribution in [3.8, 4) is 5.75 Å². The molecule has 8 heteroatoms. The minimum atomic E-state index is -0.597. The van der Waals surface area contributed by atoms with E-state index in [0.29, 0.717) is 30.5 Å². The lowest BCUT2D eigenvalue weighted by Gasteiger charge is -2.45. The van der Waals surface area contributed by atoms with Crippen LogP contribution in [-0.4, -0.2) is 63.8 Å². The molecule has 6 rings (SSSR count). The van der Waals surface area contributed by atoms with Crippen molar-refractivity contribution >= 4 is 17.7 Å². The molecule has 2 aromatic rings. The highest BCUT2D eigenvalue weighted by atomic mass is 16.5. The van der Waals surface area contributed by atoms with E-state index in [1.807, 2.05) is 36.7 Å². The molecule has 1 aromatic carbocycles. The maximum absolute atomic E-state index is 12.9. The molecule has 3 atom stereocenters. The second kappa shape index (κ2) is 8.51. The predicted molar refractivity (Wildman–Crippen MR) is 123 cm³/mol. The van der Waals surface area contributed by atoms with E-state index in [-0.39, 0.29) is 30.2 Å². The number of pyridine rings is 1. The molecule has 4 aliphatic rings. The molecule has 8 nitrogen and oxygen atoms in total. The summed E-state index contributed by atoms with van der Waals surface area (Å²) in [5, 5.41) is 2.35. The van der Waals surface area contributed by atoms with Gasteiger partial charge in [-0.3, -0.25) is 29.6 Å². The van der Waals surface area contributed by atoms with Crippen LogP contribution in [-0.2, 0) is 16.1 Å². The van der Waals surface area contributed by atoms with Gasteiger partial charge in [-0.15, -0.1) is 0 Å². The quantitative estimate of drug-likeness (QED) is 0.688. The summed E-state index contributed by atoms with van der Waals surface area (Å²) in [5.41, 5.74) is 2.79. The van der Waals surface area contributed by atoms with Crippen molar-refractivity contribution in [2.75, 3.05) is 13.1 Å². The van der Waals surface area contributed by atoms with Crippen molar-refractivity contribution in [3.63, 3.8) is 0 Å². The Labute approximate surface area is 198 Å². The molecule has 1 aromatic heterocycles. The Hall–Kier alpha value is -3.26. The fraction of sp³-hybridized carbons (Fsp3) is 0.462. The second-order valence-corrected chi connectivity index (χ2v) is 9.81. The van der Waals surface area contributed by atoms with Crippen LogP contribution in [0.4, 0.5) is 0 Å². The number of rotatable bonds is 5. The molecule has 1 N–H and O–H groups in total. The van der Waals surface area contributed by atoms with Crippen LogP contribution in [0.5, 0.6) is 5.75 Å². The lowest BCUT2D eigenvalue weighted by Crippen LogP contribution is -2.54. The average Bonchev–Trinajstić information content (AvgIpc) is 3.38. The third-order valence-corrected chi connectivity index (χ3v) is 7.73. The molecular formula is C26H28N4O4. The molecule has 3 amide bonds. The summed E-state index contributed by atoms with van der Waals surface area (Å²) in [6.07, 6.45) is 7.85. The molecule has 1 saturated carbocycles. The normalized spacial score (nSPS) is 27.5. The van der Waals surface area contributed by atoms with Crippen molar-refractivity contribution < 1.29 is 19.1 Å². The van der Waals surface area contributed by atoms with Crippen molar-refractivity contribution in [3.05, 3.63) is 59.4 Å². The van der Waals surface area contributed by atoms with Gasteiger partial charge in [-0.25, -0.2) is 0 Å². The first kappa shape index (κ1) is 21.3. The number of hydrogen-bond acceptors (Lipinski definition) is 6. The molecule has 0 radical (unpaired) electrons. The molecule has 176 valence electrons. The third-order valence-electron chi connectivity index (χ3n) is 7.73. The lowest BCUT2D eigenvalue weighted by molar-refractivity contribution is -0.136. The van der Waals surface area contributed by atoms with Crippen LogP contribution >= 0.6 is 0 Å².